The van der Waals surface area contributed by atoms with Crippen molar-refractivity contribution in [1.29, 1.82) is 0 Å². The van der Waals surface area contributed by atoms with Crippen LogP contribution < -0.4 is 10.1 Å². The number of aromatic nitrogens is 2. The molecular formula is C19H16ClF2N3O. The van der Waals surface area contributed by atoms with E-state index in [1.165, 1.54) is 32.1 Å². The number of benzene rings is 1. The molecule has 7 heteroatoms. The third-order valence-electron chi connectivity index (χ3n) is 4.47. The van der Waals surface area contributed by atoms with Crippen molar-refractivity contribution >= 4 is 28.2 Å². The van der Waals surface area contributed by atoms with E-state index in [4.69, 9.17) is 16.3 Å². The van der Waals surface area contributed by atoms with Gasteiger partial charge in [-0.2, -0.15) is 0 Å². The topological polar surface area (TPSA) is 47.0 Å². The largest absolute Gasteiger partial charge is 0.494 e. The first-order chi connectivity index (χ1) is 12.6. The molecule has 2 heterocycles. The molecule has 1 aliphatic carbocycles. The van der Waals surface area contributed by atoms with Gasteiger partial charge in [-0.1, -0.05) is 11.6 Å². The van der Waals surface area contributed by atoms with E-state index in [9.17, 15) is 8.78 Å². The van der Waals surface area contributed by atoms with Gasteiger partial charge in [0.15, 0.2) is 11.6 Å². The molecule has 0 unspecified atom stereocenters. The molecule has 0 spiro atoms. The normalized spacial score (nSPS) is 13.8. The molecule has 0 radical (unpaired) electrons. The first-order valence-electron chi connectivity index (χ1n) is 8.29. The fraction of sp³-hybridized carbons (Fsp3) is 0.263. The third kappa shape index (κ3) is 3.17. The van der Waals surface area contributed by atoms with Crippen LogP contribution in [0.1, 0.15) is 12.8 Å². The summed E-state index contributed by atoms with van der Waals surface area (Å²) in [5.74, 6) is -0.377. The fourth-order valence-electron chi connectivity index (χ4n) is 2.87. The monoisotopic (exact) mass is 375 g/mol. The molecule has 0 saturated heterocycles. The molecule has 0 atom stereocenters. The molecule has 0 aliphatic heterocycles. The second kappa shape index (κ2) is 6.68. The first-order valence-corrected chi connectivity index (χ1v) is 8.67. The van der Waals surface area contributed by atoms with Gasteiger partial charge in [-0.3, -0.25) is 0 Å². The molecule has 0 amide bonds. The summed E-state index contributed by atoms with van der Waals surface area (Å²) in [5.41, 5.74) is -0.0514. The maximum absolute atomic E-state index is 14.7. The average Bonchev–Trinajstić information content (AvgIpc) is 3.44. The van der Waals surface area contributed by atoms with E-state index in [2.05, 4.69) is 15.3 Å². The molecule has 1 saturated carbocycles. The second-order valence-electron chi connectivity index (χ2n) is 6.35. The van der Waals surface area contributed by atoms with Crippen molar-refractivity contribution in [1.82, 2.24) is 9.97 Å². The highest BCUT2D eigenvalue weighted by molar-refractivity contribution is 6.30. The SMILES string of the molecule is COc1ccc(F)c(-c2cc3cnc(Cl)cc3c(NCC3CC3)n2)c1F. The Labute approximate surface area is 154 Å². The summed E-state index contributed by atoms with van der Waals surface area (Å²) < 4.78 is 34.0. The Hall–Kier alpha value is -2.47. The number of halogens is 3. The van der Waals surface area contributed by atoms with Gasteiger partial charge in [0.1, 0.15) is 16.8 Å². The lowest BCUT2D eigenvalue weighted by atomic mass is 10.1. The molecule has 0 bridgehead atoms. The minimum Gasteiger partial charge on any atom is -0.494 e. The van der Waals surface area contributed by atoms with E-state index in [1.54, 1.807) is 18.3 Å². The number of pyridine rings is 2. The van der Waals surface area contributed by atoms with Crippen LogP contribution in [0.25, 0.3) is 22.0 Å². The molecule has 1 N–H and O–H groups in total. The minimum absolute atomic E-state index is 0.0370. The Balaban J connectivity index is 1.89. The summed E-state index contributed by atoms with van der Waals surface area (Å²) in [5, 5.41) is 5.07. The van der Waals surface area contributed by atoms with Gasteiger partial charge < -0.3 is 10.1 Å². The van der Waals surface area contributed by atoms with E-state index in [0.717, 1.165) is 11.9 Å². The van der Waals surface area contributed by atoms with E-state index in [-0.39, 0.29) is 17.0 Å². The van der Waals surface area contributed by atoms with Crippen LogP contribution in [0.2, 0.25) is 5.15 Å². The van der Waals surface area contributed by atoms with Crippen LogP contribution >= 0.6 is 11.6 Å². The average molecular weight is 376 g/mol. The predicted molar refractivity (Wildman–Crippen MR) is 97.7 cm³/mol. The zero-order valence-corrected chi connectivity index (χ0v) is 14.8. The van der Waals surface area contributed by atoms with Crippen LogP contribution in [0, 0.1) is 17.6 Å². The maximum atomic E-state index is 14.7. The van der Waals surface area contributed by atoms with Crippen molar-refractivity contribution in [3.8, 4) is 17.0 Å². The van der Waals surface area contributed by atoms with E-state index in [0.29, 0.717) is 22.3 Å². The summed E-state index contributed by atoms with van der Waals surface area (Å²) in [6.07, 6.45) is 3.92. The maximum Gasteiger partial charge on any atom is 0.177 e. The number of hydrogen-bond acceptors (Lipinski definition) is 4. The molecule has 1 aliphatic rings. The number of hydrogen-bond donors (Lipinski definition) is 1. The van der Waals surface area contributed by atoms with Crippen molar-refractivity contribution in [2.45, 2.75) is 12.8 Å². The van der Waals surface area contributed by atoms with Gasteiger partial charge >= 0.3 is 0 Å². The second-order valence-corrected chi connectivity index (χ2v) is 6.73. The Morgan fingerprint density at radius 2 is 2.08 bits per heavy atom. The number of rotatable bonds is 5. The van der Waals surface area contributed by atoms with Crippen LogP contribution in [-0.4, -0.2) is 23.6 Å². The van der Waals surface area contributed by atoms with Gasteiger partial charge in [-0.05, 0) is 43.0 Å². The zero-order valence-electron chi connectivity index (χ0n) is 14.0. The molecule has 4 rings (SSSR count). The third-order valence-corrected chi connectivity index (χ3v) is 4.67. The highest BCUT2D eigenvalue weighted by Crippen LogP contribution is 2.35. The van der Waals surface area contributed by atoms with Crippen molar-refractivity contribution in [2.75, 3.05) is 19.0 Å². The summed E-state index contributed by atoms with van der Waals surface area (Å²) in [6, 6.07) is 5.71. The summed E-state index contributed by atoms with van der Waals surface area (Å²) >= 11 is 6.01. The number of ether oxygens (including phenoxy) is 1. The predicted octanol–water partition coefficient (Wildman–Crippen LogP) is 5.06. The molecule has 3 aromatic rings. The molecule has 1 aromatic carbocycles. The highest BCUT2D eigenvalue weighted by atomic mass is 35.5. The number of nitrogens with zero attached hydrogens (tertiary/aromatic N) is 2. The summed E-state index contributed by atoms with van der Waals surface area (Å²) in [6.45, 7) is 0.759. The van der Waals surface area contributed by atoms with Crippen molar-refractivity contribution in [3.05, 3.63) is 47.2 Å². The van der Waals surface area contributed by atoms with Gasteiger partial charge in [0.05, 0.1) is 18.4 Å². The smallest absolute Gasteiger partial charge is 0.177 e. The van der Waals surface area contributed by atoms with Crippen LogP contribution in [0.4, 0.5) is 14.6 Å². The Kier molecular flexibility index (Phi) is 4.36. The van der Waals surface area contributed by atoms with Crippen molar-refractivity contribution in [3.63, 3.8) is 0 Å². The minimum atomic E-state index is -0.783. The van der Waals surface area contributed by atoms with E-state index >= 15 is 0 Å². The van der Waals surface area contributed by atoms with Crippen LogP contribution in [-0.2, 0) is 0 Å². The van der Waals surface area contributed by atoms with Crippen molar-refractivity contribution in [2.24, 2.45) is 5.92 Å². The Morgan fingerprint density at radius 1 is 1.27 bits per heavy atom. The quantitative estimate of drug-likeness (QED) is 0.633. The molecule has 26 heavy (non-hydrogen) atoms. The van der Waals surface area contributed by atoms with Gasteiger partial charge in [0.25, 0.3) is 0 Å². The van der Waals surface area contributed by atoms with Gasteiger partial charge in [-0.25, -0.2) is 18.7 Å². The van der Waals surface area contributed by atoms with Crippen LogP contribution in [0.15, 0.2) is 30.5 Å². The number of methoxy groups -OCH3 is 1. The first kappa shape index (κ1) is 17.0. The van der Waals surface area contributed by atoms with Gasteiger partial charge in [0.2, 0.25) is 0 Å². The number of fused-ring (bicyclic) bond motifs is 1. The van der Waals surface area contributed by atoms with Crippen molar-refractivity contribution < 1.29 is 13.5 Å². The van der Waals surface area contributed by atoms with Crippen LogP contribution in [0.5, 0.6) is 5.75 Å². The molecule has 1 fully saturated rings. The summed E-state index contributed by atoms with van der Waals surface area (Å²) in [7, 11) is 1.34. The molecule has 2 aromatic heterocycles. The Morgan fingerprint density at radius 3 is 2.81 bits per heavy atom. The lowest BCUT2D eigenvalue weighted by molar-refractivity contribution is 0.385. The number of nitrogens with one attached hydrogen (secondary N) is 1. The van der Waals surface area contributed by atoms with E-state index in [1.807, 2.05) is 0 Å². The molecular weight excluding hydrogens is 360 g/mol. The number of anilines is 1. The molecule has 4 nitrogen and oxygen atoms in total. The van der Waals surface area contributed by atoms with Gasteiger partial charge in [0, 0.05) is 23.5 Å². The summed E-state index contributed by atoms with van der Waals surface area (Å²) in [4.78, 5) is 8.54. The molecule has 134 valence electrons. The highest BCUT2D eigenvalue weighted by Gasteiger charge is 2.23. The van der Waals surface area contributed by atoms with Crippen LogP contribution in [0.3, 0.4) is 0 Å². The Bertz CT molecular complexity index is 992. The standard InChI is InChI=1S/C19H16ClF2N3O/c1-26-15-5-4-13(21)17(18(15)22)14-6-11-9-23-16(20)7-12(11)19(25-14)24-8-10-2-3-10/h4-7,9-10H,2-3,8H2,1H3,(H,24,25). The van der Waals surface area contributed by atoms with E-state index < -0.39 is 11.6 Å². The zero-order chi connectivity index (χ0) is 18.3. The lowest BCUT2D eigenvalue weighted by Crippen LogP contribution is -2.07. The van der Waals surface area contributed by atoms with Gasteiger partial charge in [-0.15, -0.1) is 0 Å². The fourth-order valence-corrected chi connectivity index (χ4v) is 3.03. The lowest BCUT2D eigenvalue weighted by Gasteiger charge is -2.13.